The highest BCUT2D eigenvalue weighted by molar-refractivity contribution is 5.66. The van der Waals surface area contributed by atoms with Crippen molar-refractivity contribution < 1.29 is 9.90 Å². The summed E-state index contributed by atoms with van der Waals surface area (Å²) in [7, 11) is 0. The lowest BCUT2D eigenvalue weighted by atomic mass is 9.98. The number of nitrogens with zero attached hydrogens (tertiary/aromatic N) is 2. The largest absolute Gasteiger partial charge is 0.481 e. The van der Waals surface area contributed by atoms with Crippen molar-refractivity contribution in [1.29, 1.82) is 0 Å². The summed E-state index contributed by atoms with van der Waals surface area (Å²) in [5, 5.41) is 11.9. The van der Waals surface area contributed by atoms with Crippen LogP contribution in [0.5, 0.6) is 0 Å². The molecule has 0 radical (unpaired) electrons. The highest BCUT2D eigenvalue weighted by Crippen LogP contribution is 2.20. The van der Waals surface area contributed by atoms with E-state index in [1.807, 2.05) is 27.7 Å². The quantitative estimate of drug-likeness (QED) is 0.820. The van der Waals surface area contributed by atoms with E-state index >= 15 is 0 Å². The van der Waals surface area contributed by atoms with Crippen molar-refractivity contribution in [2.75, 3.05) is 5.32 Å². The second kappa shape index (κ2) is 5.12. The van der Waals surface area contributed by atoms with Gasteiger partial charge in [0.15, 0.2) is 0 Å². The van der Waals surface area contributed by atoms with Crippen LogP contribution in [-0.2, 0) is 4.79 Å². The van der Waals surface area contributed by atoms with E-state index in [-0.39, 0.29) is 12.0 Å². The molecule has 94 valence electrons. The lowest BCUT2D eigenvalue weighted by Gasteiger charge is -2.27. The molecule has 5 nitrogen and oxygen atoms in total. The molecule has 17 heavy (non-hydrogen) atoms. The van der Waals surface area contributed by atoms with Gasteiger partial charge in [-0.3, -0.25) is 9.78 Å². The molecule has 0 aliphatic carbocycles. The second-order valence-electron chi connectivity index (χ2n) is 4.85. The summed E-state index contributed by atoms with van der Waals surface area (Å²) in [6.07, 6.45) is 2.39. The van der Waals surface area contributed by atoms with Gasteiger partial charge in [-0.05, 0) is 34.1 Å². The van der Waals surface area contributed by atoms with Gasteiger partial charge in [0.1, 0.15) is 5.82 Å². The van der Waals surface area contributed by atoms with Crippen molar-refractivity contribution in [3.05, 3.63) is 17.6 Å². The number of nitrogens with one attached hydrogen (secondary N) is 1. The zero-order chi connectivity index (χ0) is 13.1. The van der Waals surface area contributed by atoms with Gasteiger partial charge >= 0.3 is 5.97 Å². The first-order valence-corrected chi connectivity index (χ1v) is 5.60. The predicted molar refractivity (Wildman–Crippen MR) is 66.1 cm³/mol. The number of aromatic nitrogens is 2. The van der Waals surface area contributed by atoms with E-state index in [4.69, 9.17) is 5.11 Å². The maximum atomic E-state index is 10.6. The van der Waals surface area contributed by atoms with E-state index in [1.165, 1.54) is 0 Å². The van der Waals surface area contributed by atoms with Crippen LogP contribution in [0.2, 0.25) is 0 Å². The number of rotatable bonds is 5. The van der Waals surface area contributed by atoms with Crippen LogP contribution in [0, 0.1) is 13.8 Å². The second-order valence-corrected chi connectivity index (χ2v) is 4.85. The molecule has 0 aromatic carbocycles. The first-order chi connectivity index (χ1) is 7.80. The van der Waals surface area contributed by atoms with Crippen molar-refractivity contribution >= 4 is 11.8 Å². The summed E-state index contributed by atoms with van der Waals surface area (Å²) in [5.74, 6) is -0.0627. The lowest BCUT2D eigenvalue weighted by molar-refractivity contribution is -0.137. The van der Waals surface area contributed by atoms with Gasteiger partial charge in [-0.2, -0.15) is 0 Å². The molecule has 0 bridgehead atoms. The standard InChI is InChI=1S/C12H19N3O2/c1-8-7-13-9(2)11(14-8)15-12(3,4)6-5-10(16)17/h7H,5-6H2,1-4H3,(H,14,15)(H,16,17). The van der Waals surface area contributed by atoms with E-state index < -0.39 is 5.97 Å². The van der Waals surface area contributed by atoms with E-state index in [2.05, 4.69) is 15.3 Å². The fourth-order valence-electron chi connectivity index (χ4n) is 1.46. The van der Waals surface area contributed by atoms with Crippen molar-refractivity contribution in [3.63, 3.8) is 0 Å². The normalized spacial score (nSPS) is 11.3. The molecule has 5 heteroatoms. The third-order valence-corrected chi connectivity index (χ3v) is 2.50. The number of carboxylic acid groups (broad SMARTS) is 1. The minimum atomic E-state index is -0.785. The number of hydrogen-bond donors (Lipinski definition) is 2. The summed E-state index contributed by atoms with van der Waals surface area (Å²) in [6.45, 7) is 7.67. The zero-order valence-electron chi connectivity index (χ0n) is 10.7. The Balaban J connectivity index is 2.74. The molecule has 0 aliphatic heterocycles. The van der Waals surface area contributed by atoms with Crippen molar-refractivity contribution in [2.45, 2.75) is 46.1 Å². The van der Waals surface area contributed by atoms with Crippen LogP contribution in [0.15, 0.2) is 6.20 Å². The maximum absolute atomic E-state index is 10.6. The van der Waals surface area contributed by atoms with Crippen LogP contribution >= 0.6 is 0 Å². The first kappa shape index (κ1) is 13.4. The van der Waals surface area contributed by atoms with Crippen LogP contribution in [-0.4, -0.2) is 26.6 Å². The number of anilines is 1. The van der Waals surface area contributed by atoms with Crippen LogP contribution in [0.25, 0.3) is 0 Å². The van der Waals surface area contributed by atoms with Gasteiger partial charge in [-0.15, -0.1) is 0 Å². The Bertz CT molecular complexity index is 416. The van der Waals surface area contributed by atoms with E-state index in [1.54, 1.807) is 6.20 Å². The Morgan fingerprint density at radius 2 is 2.12 bits per heavy atom. The third-order valence-electron chi connectivity index (χ3n) is 2.50. The van der Waals surface area contributed by atoms with Crippen molar-refractivity contribution in [1.82, 2.24) is 9.97 Å². The predicted octanol–water partition coefficient (Wildman–Crippen LogP) is 2.15. The Morgan fingerprint density at radius 3 is 2.71 bits per heavy atom. The smallest absolute Gasteiger partial charge is 0.303 e. The average molecular weight is 237 g/mol. The first-order valence-electron chi connectivity index (χ1n) is 5.60. The van der Waals surface area contributed by atoms with Crippen molar-refractivity contribution in [3.8, 4) is 0 Å². The fraction of sp³-hybridized carbons (Fsp3) is 0.583. The summed E-state index contributed by atoms with van der Waals surface area (Å²) in [5.41, 5.74) is 1.34. The molecule has 0 aliphatic rings. The van der Waals surface area contributed by atoms with Crippen LogP contribution in [0.4, 0.5) is 5.82 Å². The summed E-state index contributed by atoms with van der Waals surface area (Å²) < 4.78 is 0. The molecule has 0 saturated carbocycles. The SMILES string of the molecule is Cc1cnc(C)c(NC(C)(C)CCC(=O)O)n1. The molecule has 2 N–H and O–H groups in total. The highest BCUT2D eigenvalue weighted by atomic mass is 16.4. The van der Waals surface area contributed by atoms with Crippen molar-refractivity contribution in [2.24, 2.45) is 0 Å². The average Bonchev–Trinajstić information content (AvgIpc) is 2.20. The Morgan fingerprint density at radius 1 is 1.47 bits per heavy atom. The number of carboxylic acids is 1. The molecule has 0 spiro atoms. The molecule has 1 rings (SSSR count). The minimum absolute atomic E-state index is 0.137. The molecule has 0 fully saturated rings. The molecule has 0 atom stereocenters. The number of carbonyl (C=O) groups is 1. The molecule has 1 heterocycles. The molecule has 0 unspecified atom stereocenters. The molecular formula is C12H19N3O2. The zero-order valence-corrected chi connectivity index (χ0v) is 10.7. The molecule has 1 aromatic heterocycles. The topological polar surface area (TPSA) is 75.1 Å². The monoisotopic (exact) mass is 237 g/mol. The van der Waals surface area contributed by atoms with Gasteiger partial charge in [0.05, 0.1) is 11.4 Å². The van der Waals surface area contributed by atoms with E-state index in [9.17, 15) is 4.79 Å². The van der Waals surface area contributed by atoms with E-state index in [0.29, 0.717) is 6.42 Å². The van der Waals surface area contributed by atoms with Gasteiger partial charge in [-0.1, -0.05) is 0 Å². The highest BCUT2D eigenvalue weighted by Gasteiger charge is 2.20. The number of aryl methyl sites for hydroxylation is 2. The molecule has 1 aromatic rings. The lowest BCUT2D eigenvalue weighted by Crippen LogP contribution is -2.32. The van der Waals surface area contributed by atoms with Crippen LogP contribution in [0.1, 0.15) is 38.1 Å². The molecule has 0 saturated heterocycles. The Labute approximate surface area is 101 Å². The molecule has 0 amide bonds. The Kier molecular flexibility index (Phi) is 4.04. The van der Waals surface area contributed by atoms with E-state index in [0.717, 1.165) is 17.2 Å². The number of aliphatic carboxylic acids is 1. The minimum Gasteiger partial charge on any atom is -0.481 e. The summed E-state index contributed by atoms with van der Waals surface area (Å²) in [6, 6.07) is 0. The van der Waals surface area contributed by atoms with Gasteiger partial charge in [0.25, 0.3) is 0 Å². The fourth-order valence-corrected chi connectivity index (χ4v) is 1.46. The summed E-state index contributed by atoms with van der Waals surface area (Å²) >= 11 is 0. The van der Waals surface area contributed by atoms with Crippen LogP contribution < -0.4 is 5.32 Å². The van der Waals surface area contributed by atoms with Gasteiger partial charge in [0.2, 0.25) is 0 Å². The third kappa shape index (κ3) is 4.38. The molecular weight excluding hydrogens is 218 g/mol. The maximum Gasteiger partial charge on any atom is 0.303 e. The number of hydrogen-bond acceptors (Lipinski definition) is 4. The van der Waals surface area contributed by atoms with Gasteiger partial charge in [0, 0.05) is 18.2 Å². The van der Waals surface area contributed by atoms with Crippen LogP contribution in [0.3, 0.4) is 0 Å². The van der Waals surface area contributed by atoms with Gasteiger partial charge in [-0.25, -0.2) is 4.98 Å². The Hall–Kier alpha value is -1.65. The summed E-state index contributed by atoms with van der Waals surface area (Å²) in [4.78, 5) is 19.1. The van der Waals surface area contributed by atoms with Gasteiger partial charge < -0.3 is 10.4 Å².